The van der Waals surface area contributed by atoms with Gasteiger partial charge in [0, 0.05) is 38.5 Å². The van der Waals surface area contributed by atoms with E-state index in [9.17, 15) is 23.3 Å². The lowest BCUT2D eigenvalue weighted by Crippen LogP contribution is -2.54. The Balaban J connectivity index is 1.79. The maximum absolute atomic E-state index is 12.3. The van der Waals surface area contributed by atoms with E-state index in [2.05, 4.69) is 0 Å². The first-order chi connectivity index (χ1) is 11.6. The van der Waals surface area contributed by atoms with E-state index in [0.29, 0.717) is 44.7 Å². The molecule has 1 saturated heterocycles. The average molecular weight is 368 g/mol. The number of benzene rings is 1. The van der Waals surface area contributed by atoms with Crippen LogP contribution in [0.5, 0.6) is 0 Å². The van der Waals surface area contributed by atoms with Gasteiger partial charge in [-0.2, -0.15) is 0 Å². The van der Waals surface area contributed by atoms with Crippen molar-refractivity contribution < 1.29 is 18.1 Å². The highest BCUT2D eigenvalue weighted by Crippen LogP contribution is 2.35. The number of nitro benzene ring substituents is 1. The predicted octanol–water partition coefficient (Wildman–Crippen LogP) is 0.138. The Morgan fingerprint density at radius 3 is 2.32 bits per heavy atom. The standard InChI is InChI=1S/C15H20N4O5S/c1-25(23,24)11-2-3-12(13(10-11)19(21)22)17-6-8-18(9-7-17)14(20)15(16)4-5-15/h2-3,10H,4-9,16H2,1H3. The molecule has 0 aromatic heterocycles. The molecule has 2 aliphatic rings. The molecule has 2 fully saturated rings. The molecule has 2 N–H and O–H groups in total. The molecule has 1 heterocycles. The van der Waals surface area contributed by atoms with Crippen molar-refractivity contribution in [3.63, 3.8) is 0 Å². The third kappa shape index (κ3) is 3.45. The van der Waals surface area contributed by atoms with Crippen molar-refractivity contribution in [3.8, 4) is 0 Å². The summed E-state index contributed by atoms with van der Waals surface area (Å²) >= 11 is 0. The monoisotopic (exact) mass is 368 g/mol. The maximum atomic E-state index is 12.3. The molecule has 9 nitrogen and oxygen atoms in total. The molecule has 0 bridgehead atoms. The number of carbonyl (C=O) groups is 1. The molecular weight excluding hydrogens is 348 g/mol. The van der Waals surface area contributed by atoms with Gasteiger partial charge < -0.3 is 15.5 Å². The van der Waals surface area contributed by atoms with E-state index in [1.807, 2.05) is 0 Å². The fraction of sp³-hybridized carbons (Fsp3) is 0.533. The van der Waals surface area contributed by atoms with Gasteiger partial charge in [-0.3, -0.25) is 14.9 Å². The van der Waals surface area contributed by atoms with E-state index < -0.39 is 20.3 Å². The number of hydrogen-bond acceptors (Lipinski definition) is 7. The molecule has 1 amide bonds. The summed E-state index contributed by atoms with van der Waals surface area (Å²) in [6, 6.07) is 3.91. The lowest BCUT2D eigenvalue weighted by molar-refractivity contribution is -0.384. The third-order valence-corrected chi connectivity index (χ3v) is 5.80. The van der Waals surface area contributed by atoms with Gasteiger partial charge >= 0.3 is 0 Å². The van der Waals surface area contributed by atoms with Crippen LogP contribution < -0.4 is 10.6 Å². The molecule has 25 heavy (non-hydrogen) atoms. The van der Waals surface area contributed by atoms with Crippen molar-refractivity contribution in [1.82, 2.24) is 4.90 Å². The van der Waals surface area contributed by atoms with Crippen LogP contribution in [-0.4, -0.2) is 62.1 Å². The lowest BCUT2D eigenvalue weighted by atomic mass is 10.2. The predicted molar refractivity (Wildman–Crippen MR) is 91.2 cm³/mol. The number of nitro groups is 1. The summed E-state index contributed by atoms with van der Waals surface area (Å²) in [5, 5.41) is 11.4. The molecule has 1 aromatic rings. The fourth-order valence-electron chi connectivity index (χ4n) is 2.96. The molecular formula is C15H20N4O5S. The van der Waals surface area contributed by atoms with Crippen LogP contribution in [0.4, 0.5) is 11.4 Å². The van der Waals surface area contributed by atoms with E-state index in [0.717, 1.165) is 12.3 Å². The fourth-order valence-corrected chi connectivity index (χ4v) is 3.60. The molecule has 0 atom stereocenters. The molecule has 1 saturated carbocycles. The molecule has 3 rings (SSSR count). The third-order valence-electron chi connectivity index (χ3n) is 4.69. The first-order valence-corrected chi connectivity index (χ1v) is 9.83. The maximum Gasteiger partial charge on any atom is 0.293 e. The number of anilines is 1. The zero-order valence-corrected chi connectivity index (χ0v) is 14.7. The largest absolute Gasteiger partial charge is 0.362 e. The van der Waals surface area contributed by atoms with Gasteiger partial charge in [-0.25, -0.2) is 8.42 Å². The highest BCUT2D eigenvalue weighted by Gasteiger charge is 2.48. The summed E-state index contributed by atoms with van der Waals surface area (Å²) in [5.74, 6) is -0.0610. The van der Waals surface area contributed by atoms with Crippen molar-refractivity contribution in [1.29, 1.82) is 0 Å². The van der Waals surface area contributed by atoms with Crippen LogP contribution in [0.1, 0.15) is 12.8 Å². The smallest absolute Gasteiger partial charge is 0.293 e. The molecule has 0 unspecified atom stereocenters. The second-order valence-electron chi connectivity index (χ2n) is 6.62. The minimum Gasteiger partial charge on any atom is -0.362 e. The zero-order chi connectivity index (χ0) is 18.4. The quantitative estimate of drug-likeness (QED) is 0.591. The highest BCUT2D eigenvalue weighted by molar-refractivity contribution is 7.90. The van der Waals surface area contributed by atoms with Gasteiger partial charge in [0.2, 0.25) is 5.91 Å². The van der Waals surface area contributed by atoms with Crippen LogP contribution in [0.15, 0.2) is 23.1 Å². The summed E-state index contributed by atoms with van der Waals surface area (Å²) in [4.78, 5) is 26.4. The normalized spacial score (nSPS) is 19.6. The number of carbonyl (C=O) groups excluding carboxylic acids is 1. The highest BCUT2D eigenvalue weighted by atomic mass is 32.2. The Labute approximate surface area is 145 Å². The molecule has 0 spiro atoms. The van der Waals surface area contributed by atoms with Gasteiger partial charge in [0.05, 0.1) is 15.4 Å². The first kappa shape index (κ1) is 17.6. The second kappa shape index (κ2) is 5.95. The van der Waals surface area contributed by atoms with E-state index in [1.54, 1.807) is 9.80 Å². The van der Waals surface area contributed by atoms with Crippen LogP contribution in [0.3, 0.4) is 0 Å². The van der Waals surface area contributed by atoms with Crippen molar-refractivity contribution in [2.45, 2.75) is 23.3 Å². The van der Waals surface area contributed by atoms with Gasteiger partial charge in [-0.1, -0.05) is 0 Å². The van der Waals surface area contributed by atoms with Crippen LogP contribution >= 0.6 is 0 Å². The second-order valence-corrected chi connectivity index (χ2v) is 8.63. The van der Waals surface area contributed by atoms with Gasteiger partial charge in [0.15, 0.2) is 9.84 Å². The molecule has 1 aliphatic carbocycles. The minimum absolute atomic E-state index is 0.0610. The topological polar surface area (TPSA) is 127 Å². The summed E-state index contributed by atoms with van der Waals surface area (Å²) in [6.45, 7) is 1.73. The number of nitrogens with two attached hydrogens (primary N) is 1. The average Bonchev–Trinajstić information content (AvgIpc) is 3.32. The van der Waals surface area contributed by atoms with Crippen molar-refractivity contribution in [3.05, 3.63) is 28.3 Å². The van der Waals surface area contributed by atoms with Crippen LogP contribution in [0.2, 0.25) is 0 Å². The summed E-state index contributed by atoms with van der Waals surface area (Å²) in [6.07, 6.45) is 2.41. The number of hydrogen-bond donors (Lipinski definition) is 1. The van der Waals surface area contributed by atoms with Crippen molar-refractivity contribution >= 4 is 27.1 Å². The van der Waals surface area contributed by atoms with E-state index in [1.165, 1.54) is 12.1 Å². The minimum atomic E-state index is -3.53. The van der Waals surface area contributed by atoms with Gasteiger partial charge in [0.1, 0.15) is 5.69 Å². The number of rotatable bonds is 4. The molecule has 0 radical (unpaired) electrons. The Kier molecular flexibility index (Phi) is 4.20. The number of nitrogens with zero attached hydrogens (tertiary/aromatic N) is 3. The number of amides is 1. The van der Waals surface area contributed by atoms with Crippen LogP contribution in [-0.2, 0) is 14.6 Å². The van der Waals surface area contributed by atoms with E-state index in [-0.39, 0.29) is 16.5 Å². The SMILES string of the molecule is CS(=O)(=O)c1ccc(N2CCN(C(=O)C3(N)CC3)CC2)c([N+](=O)[O-])c1. The summed E-state index contributed by atoms with van der Waals surface area (Å²) < 4.78 is 23.2. The van der Waals surface area contributed by atoms with Crippen molar-refractivity contribution in [2.75, 3.05) is 37.3 Å². The lowest BCUT2D eigenvalue weighted by Gasteiger charge is -2.37. The summed E-state index contributed by atoms with van der Waals surface area (Å²) in [7, 11) is -3.53. The van der Waals surface area contributed by atoms with E-state index >= 15 is 0 Å². The van der Waals surface area contributed by atoms with Crippen molar-refractivity contribution in [2.24, 2.45) is 5.73 Å². The van der Waals surface area contributed by atoms with Gasteiger partial charge in [0.25, 0.3) is 5.69 Å². The summed E-state index contributed by atoms with van der Waals surface area (Å²) in [5.41, 5.74) is 5.33. The Morgan fingerprint density at radius 2 is 1.84 bits per heavy atom. The molecule has 1 aromatic carbocycles. The zero-order valence-electron chi connectivity index (χ0n) is 13.8. The van der Waals surface area contributed by atoms with Crippen LogP contribution in [0, 0.1) is 10.1 Å². The van der Waals surface area contributed by atoms with Gasteiger partial charge in [-0.15, -0.1) is 0 Å². The van der Waals surface area contributed by atoms with E-state index in [4.69, 9.17) is 5.73 Å². The Morgan fingerprint density at radius 1 is 1.24 bits per heavy atom. The number of piperazine rings is 1. The first-order valence-electron chi connectivity index (χ1n) is 7.93. The molecule has 10 heteroatoms. The number of sulfone groups is 1. The Bertz CT molecular complexity index is 826. The van der Waals surface area contributed by atoms with Crippen LogP contribution in [0.25, 0.3) is 0 Å². The molecule has 1 aliphatic heterocycles. The van der Waals surface area contributed by atoms with Gasteiger partial charge in [-0.05, 0) is 25.0 Å². The Hall–Kier alpha value is -2.20. The molecule has 136 valence electrons.